The van der Waals surface area contributed by atoms with Crippen LogP contribution >= 0.6 is 7.92 Å². The van der Waals surface area contributed by atoms with Crippen LogP contribution in [-0.4, -0.2) is 64.3 Å². The van der Waals surface area contributed by atoms with Crippen LogP contribution < -0.4 is 0 Å². The van der Waals surface area contributed by atoms with Gasteiger partial charge >= 0.3 is 23.9 Å². The summed E-state index contributed by atoms with van der Waals surface area (Å²) in [5, 5.41) is 0. The standard InChI is InChI=1S/C24H51P.4H2O.Sn/c1-4-7-10-13-16-19-22-25(23-20-17-14-11-8-5-2)24-21-18-15-12-9-6-3;;;;;/h4-24H2,1-3H3;4*1H2;/q;;;;;+4/p-4. The van der Waals surface area contributed by atoms with E-state index in [1.807, 2.05) is 0 Å². The molecule has 0 aliphatic heterocycles. The molecule has 0 aromatic carbocycles. The summed E-state index contributed by atoms with van der Waals surface area (Å²) in [5.74, 6) is 0. The summed E-state index contributed by atoms with van der Waals surface area (Å²) >= 11 is 0. The minimum absolute atomic E-state index is 0. The van der Waals surface area contributed by atoms with Gasteiger partial charge in [0.05, 0.1) is 0 Å². The van der Waals surface area contributed by atoms with E-state index >= 15 is 0 Å². The van der Waals surface area contributed by atoms with Gasteiger partial charge in [-0.3, -0.25) is 0 Å². The van der Waals surface area contributed by atoms with E-state index in [1.165, 1.54) is 116 Å². The molecule has 184 valence electrons. The molecule has 0 radical (unpaired) electrons. The third-order valence-corrected chi connectivity index (χ3v) is 8.33. The molecule has 0 amide bonds. The SMILES string of the molecule is CCCCCCCCP(CCCCCCCC)CCCCCCCC.[OH-].[OH-].[OH-].[OH-].[Sn+4]. The van der Waals surface area contributed by atoms with E-state index in [0.717, 1.165) is 0 Å². The first-order valence-corrected chi connectivity index (χ1v) is 14.0. The van der Waals surface area contributed by atoms with E-state index in [0.29, 0.717) is 7.92 Å². The molecule has 0 fully saturated rings. The first-order valence-electron chi connectivity index (χ1n) is 12.1. The van der Waals surface area contributed by atoms with Crippen LogP contribution in [0.2, 0.25) is 0 Å². The molecule has 0 spiro atoms. The van der Waals surface area contributed by atoms with Crippen LogP contribution in [0.15, 0.2) is 0 Å². The van der Waals surface area contributed by atoms with Crippen molar-refractivity contribution in [2.24, 2.45) is 0 Å². The van der Waals surface area contributed by atoms with Crippen molar-refractivity contribution in [3.8, 4) is 0 Å². The topological polar surface area (TPSA) is 120 Å². The Bertz CT molecular complexity index is 211. The fraction of sp³-hybridized carbons (Fsp3) is 1.00. The van der Waals surface area contributed by atoms with Gasteiger partial charge in [0.1, 0.15) is 0 Å². The second-order valence-corrected chi connectivity index (χ2v) is 10.8. The largest absolute Gasteiger partial charge is 4.00 e. The Balaban J connectivity index is -0.000000288. The van der Waals surface area contributed by atoms with Gasteiger partial charge in [-0.25, -0.2) is 0 Å². The molecule has 0 rings (SSSR count). The summed E-state index contributed by atoms with van der Waals surface area (Å²) in [5.41, 5.74) is 0. The van der Waals surface area contributed by atoms with Crippen molar-refractivity contribution in [2.45, 2.75) is 136 Å². The van der Waals surface area contributed by atoms with Crippen LogP contribution in [-0.2, 0) is 0 Å². The molecule has 0 aliphatic carbocycles. The van der Waals surface area contributed by atoms with Crippen molar-refractivity contribution in [1.29, 1.82) is 0 Å². The Hall–Kier alpha value is 1.07. The third-order valence-electron chi connectivity index (χ3n) is 5.48. The maximum Gasteiger partial charge on any atom is 4.00 e. The first-order chi connectivity index (χ1) is 12.3. The fourth-order valence-corrected chi connectivity index (χ4v) is 6.37. The Labute approximate surface area is 208 Å². The molecule has 0 saturated carbocycles. The molecule has 0 atom stereocenters. The fourth-order valence-electron chi connectivity index (χ4n) is 3.68. The van der Waals surface area contributed by atoms with Gasteiger partial charge in [0.15, 0.2) is 0 Å². The molecule has 0 bridgehead atoms. The van der Waals surface area contributed by atoms with Crippen molar-refractivity contribution in [3.63, 3.8) is 0 Å². The first kappa shape index (κ1) is 44.7. The number of unbranched alkanes of at least 4 members (excludes halogenated alkanes) is 15. The van der Waals surface area contributed by atoms with E-state index in [1.54, 1.807) is 18.5 Å². The predicted octanol–water partition coefficient (Wildman–Crippen LogP) is 8.46. The van der Waals surface area contributed by atoms with E-state index in [2.05, 4.69) is 20.8 Å². The zero-order valence-electron chi connectivity index (χ0n) is 20.6. The van der Waals surface area contributed by atoms with Gasteiger partial charge < -0.3 is 21.9 Å². The number of hydrogen-bond acceptors (Lipinski definition) is 4. The van der Waals surface area contributed by atoms with E-state index in [-0.39, 0.29) is 45.8 Å². The molecule has 0 unspecified atom stereocenters. The maximum absolute atomic E-state index is 2.32. The molecular formula is C24H55O4PSn. The number of rotatable bonds is 21. The van der Waals surface area contributed by atoms with Crippen LogP contribution in [0.1, 0.15) is 136 Å². The molecule has 0 aromatic heterocycles. The molecule has 0 heterocycles. The van der Waals surface area contributed by atoms with Gasteiger partial charge in [-0.1, -0.05) is 117 Å². The second kappa shape index (κ2) is 40.4. The smallest absolute Gasteiger partial charge is 0.870 e. The number of hydrogen-bond donors (Lipinski definition) is 0. The van der Waals surface area contributed by atoms with Gasteiger partial charge in [-0.15, -0.1) is 7.92 Å². The summed E-state index contributed by atoms with van der Waals surface area (Å²) in [4.78, 5) is 0. The Kier molecular flexibility index (Phi) is 60.2. The van der Waals surface area contributed by atoms with Crippen molar-refractivity contribution in [2.75, 3.05) is 18.5 Å². The Morgan fingerprint density at radius 3 is 0.767 bits per heavy atom. The van der Waals surface area contributed by atoms with Crippen LogP contribution in [0, 0.1) is 0 Å². The van der Waals surface area contributed by atoms with Gasteiger partial charge in [0.25, 0.3) is 0 Å². The minimum Gasteiger partial charge on any atom is -0.870 e. The summed E-state index contributed by atoms with van der Waals surface area (Å²) in [6.45, 7) is 6.96. The minimum atomic E-state index is 0. The van der Waals surface area contributed by atoms with Crippen LogP contribution in [0.25, 0.3) is 0 Å². The van der Waals surface area contributed by atoms with Crippen molar-refractivity contribution in [1.82, 2.24) is 0 Å². The average Bonchev–Trinajstić information content (AvgIpc) is 2.63. The third kappa shape index (κ3) is 36.4. The van der Waals surface area contributed by atoms with Gasteiger partial charge in [-0.2, -0.15) is 0 Å². The summed E-state index contributed by atoms with van der Waals surface area (Å²) in [7, 11) is 0.366. The molecule has 6 heteroatoms. The van der Waals surface area contributed by atoms with Crippen molar-refractivity contribution in [3.05, 3.63) is 0 Å². The Morgan fingerprint density at radius 2 is 0.533 bits per heavy atom. The normalized spacial score (nSPS) is 9.60. The predicted molar refractivity (Wildman–Crippen MR) is 135 cm³/mol. The van der Waals surface area contributed by atoms with Gasteiger partial charge in [0, 0.05) is 0 Å². The summed E-state index contributed by atoms with van der Waals surface area (Å²) in [6, 6.07) is 0. The summed E-state index contributed by atoms with van der Waals surface area (Å²) < 4.78 is 0. The van der Waals surface area contributed by atoms with Crippen LogP contribution in [0.4, 0.5) is 0 Å². The van der Waals surface area contributed by atoms with E-state index in [9.17, 15) is 0 Å². The van der Waals surface area contributed by atoms with E-state index in [4.69, 9.17) is 0 Å². The second-order valence-electron chi connectivity index (χ2n) is 8.14. The maximum atomic E-state index is 2.32. The van der Waals surface area contributed by atoms with Crippen molar-refractivity contribution < 1.29 is 21.9 Å². The molecule has 0 saturated heterocycles. The van der Waals surface area contributed by atoms with Crippen LogP contribution in [0.5, 0.6) is 0 Å². The zero-order chi connectivity index (χ0) is 18.4. The van der Waals surface area contributed by atoms with E-state index < -0.39 is 0 Å². The quantitative estimate of drug-likeness (QED) is 0.0798. The molecule has 30 heavy (non-hydrogen) atoms. The van der Waals surface area contributed by atoms with Crippen molar-refractivity contribution >= 4 is 31.8 Å². The molecule has 0 aliphatic rings. The Morgan fingerprint density at radius 1 is 0.333 bits per heavy atom. The summed E-state index contributed by atoms with van der Waals surface area (Å²) in [6.07, 6.45) is 31.2. The molecule has 0 aromatic rings. The van der Waals surface area contributed by atoms with Crippen LogP contribution in [0.3, 0.4) is 0 Å². The molecule has 4 N–H and O–H groups in total. The molecule has 4 nitrogen and oxygen atoms in total. The monoisotopic (exact) mass is 558 g/mol. The molecular weight excluding hydrogens is 502 g/mol. The van der Waals surface area contributed by atoms with Gasteiger partial charge in [0.2, 0.25) is 0 Å². The zero-order valence-corrected chi connectivity index (χ0v) is 24.3. The van der Waals surface area contributed by atoms with Gasteiger partial charge in [-0.05, 0) is 37.7 Å². The average molecular weight is 557 g/mol.